The topological polar surface area (TPSA) is 40.2 Å². The number of fused-ring (bicyclic) bond motifs is 3. The van der Waals surface area contributed by atoms with Crippen molar-refractivity contribution in [1.82, 2.24) is 4.40 Å². The van der Waals surface area contributed by atoms with E-state index in [2.05, 4.69) is 52.2 Å². The third kappa shape index (κ3) is 3.14. The van der Waals surface area contributed by atoms with Gasteiger partial charge in [-0.25, -0.2) is 0 Å². The fourth-order valence-corrected chi connectivity index (χ4v) is 4.80. The van der Waals surface area contributed by atoms with E-state index in [0.29, 0.717) is 16.6 Å². The maximum absolute atomic E-state index is 10.1. The Balaban J connectivity index is 1.84. The van der Waals surface area contributed by atoms with Crippen LogP contribution in [0.5, 0.6) is 0 Å². The quantitative estimate of drug-likeness (QED) is 0.401. The normalized spacial score (nSPS) is 14.9. The van der Waals surface area contributed by atoms with E-state index in [4.69, 9.17) is 11.6 Å². The van der Waals surface area contributed by atoms with Crippen molar-refractivity contribution in [2.24, 2.45) is 0 Å². The van der Waals surface area contributed by atoms with Gasteiger partial charge in [0.2, 0.25) is 0 Å². The number of nitrogens with one attached hydrogen (secondary N) is 1. The summed E-state index contributed by atoms with van der Waals surface area (Å²) in [6.07, 6.45) is 6.13. The van der Waals surface area contributed by atoms with E-state index < -0.39 is 0 Å². The summed E-state index contributed by atoms with van der Waals surface area (Å²) in [5.41, 5.74) is 4.64. The van der Waals surface area contributed by atoms with Gasteiger partial charge in [0.1, 0.15) is 11.9 Å². The van der Waals surface area contributed by atoms with Gasteiger partial charge in [0.05, 0.1) is 16.6 Å². The molecule has 144 valence electrons. The molecule has 0 saturated heterocycles. The largest absolute Gasteiger partial charge is 0.368 e. The molecule has 1 aliphatic rings. The molecule has 0 radical (unpaired) electrons. The van der Waals surface area contributed by atoms with Crippen LogP contribution in [0.4, 0.5) is 5.82 Å². The molecule has 2 aromatic heterocycles. The molecule has 4 heteroatoms. The lowest BCUT2D eigenvalue weighted by molar-refractivity contribution is 0.462. The summed E-state index contributed by atoms with van der Waals surface area (Å²) in [7, 11) is 0. The number of halogens is 1. The Bertz CT molecular complexity index is 1240. The van der Waals surface area contributed by atoms with Crippen molar-refractivity contribution in [2.45, 2.75) is 38.1 Å². The molecule has 5 rings (SSSR count). The lowest BCUT2D eigenvalue weighted by Crippen LogP contribution is -2.23. The average Bonchev–Trinajstić information content (AvgIpc) is 3.08. The minimum absolute atomic E-state index is 0.422. The minimum Gasteiger partial charge on any atom is -0.368 e. The lowest BCUT2D eigenvalue weighted by atomic mass is 9.95. The van der Waals surface area contributed by atoms with E-state index in [9.17, 15) is 5.26 Å². The van der Waals surface area contributed by atoms with Crippen LogP contribution in [-0.4, -0.2) is 10.4 Å². The third-order valence-electron chi connectivity index (χ3n) is 5.98. The zero-order valence-electron chi connectivity index (χ0n) is 16.2. The summed E-state index contributed by atoms with van der Waals surface area (Å²) in [5.74, 6) is 1.00. The Morgan fingerprint density at radius 1 is 0.931 bits per heavy atom. The van der Waals surface area contributed by atoms with Crippen molar-refractivity contribution in [3.8, 4) is 17.2 Å². The van der Waals surface area contributed by atoms with Crippen LogP contribution in [-0.2, 0) is 0 Å². The second kappa shape index (κ2) is 7.46. The van der Waals surface area contributed by atoms with E-state index in [1.54, 1.807) is 0 Å². The fourth-order valence-electron chi connectivity index (χ4n) is 4.61. The highest BCUT2D eigenvalue weighted by molar-refractivity contribution is 6.30. The van der Waals surface area contributed by atoms with Gasteiger partial charge < -0.3 is 5.32 Å². The van der Waals surface area contributed by atoms with E-state index >= 15 is 0 Å². The molecule has 1 saturated carbocycles. The number of benzene rings is 2. The summed E-state index contributed by atoms with van der Waals surface area (Å²) >= 11 is 6.32. The van der Waals surface area contributed by atoms with Crippen LogP contribution < -0.4 is 5.32 Å². The summed E-state index contributed by atoms with van der Waals surface area (Å²) in [5, 5.41) is 15.8. The zero-order valence-corrected chi connectivity index (χ0v) is 16.9. The third-order valence-corrected chi connectivity index (χ3v) is 6.21. The van der Waals surface area contributed by atoms with Gasteiger partial charge in [-0.05, 0) is 48.1 Å². The molecule has 3 nitrogen and oxygen atoms in total. The molecule has 4 aromatic rings. The van der Waals surface area contributed by atoms with Crippen molar-refractivity contribution < 1.29 is 0 Å². The van der Waals surface area contributed by atoms with Crippen molar-refractivity contribution in [1.29, 1.82) is 5.26 Å². The Hall–Kier alpha value is -2.96. The second-order valence-electron chi connectivity index (χ2n) is 7.81. The highest BCUT2D eigenvalue weighted by Crippen LogP contribution is 2.40. The lowest BCUT2D eigenvalue weighted by Gasteiger charge is -2.25. The molecular weight excluding hydrogens is 378 g/mol. The SMILES string of the molecule is N#Cc1c(-c2cccc(Cl)c2)c(NC2CCCCC2)n2c1ccc1ccccc12. The van der Waals surface area contributed by atoms with Gasteiger partial charge in [-0.15, -0.1) is 0 Å². The number of pyridine rings is 1. The van der Waals surface area contributed by atoms with Crippen LogP contribution in [0.25, 0.3) is 27.5 Å². The van der Waals surface area contributed by atoms with E-state index in [1.807, 2.05) is 24.3 Å². The van der Waals surface area contributed by atoms with Crippen LogP contribution in [0.3, 0.4) is 0 Å². The number of rotatable bonds is 3. The average molecular weight is 400 g/mol. The number of nitriles is 1. The first-order valence-corrected chi connectivity index (χ1v) is 10.6. The van der Waals surface area contributed by atoms with Crippen molar-refractivity contribution in [3.05, 3.63) is 71.2 Å². The maximum atomic E-state index is 10.1. The standard InChI is InChI=1S/C25H22ClN3/c26-19-9-6-8-18(15-19)24-21(16-27)23-14-13-17-7-4-5-12-22(17)29(23)25(24)28-20-10-2-1-3-11-20/h4-9,12-15,20,28H,1-3,10-11H2. The molecule has 1 fully saturated rings. The Kier molecular flexibility index (Phi) is 4.66. The van der Waals surface area contributed by atoms with E-state index in [0.717, 1.165) is 46.2 Å². The monoisotopic (exact) mass is 399 g/mol. The van der Waals surface area contributed by atoms with Gasteiger partial charge in [0.15, 0.2) is 0 Å². The van der Waals surface area contributed by atoms with Gasteiger partial charge in [-0.2, -0.15) is 5.26 Å². The second-order valence-corrected chi connectivity index (χ2v) is 8.25. The Morgan fingerprint density at radius 2 is 1.76 bits per heavy atom. The predicted molar refractivity (Wildman–Crippen MR) is 121 cm³/mol. The van der Waals surface area contributed by atoms with Crippen LogP contribution in [0.2, 0.25) is 5.02 Å². The molecule has 0 amide bonds. The molecule has 0 aliphatic heterocycles. The highest BCUT2D eigenvalue weighted by atomic mass is 35.5. The zero-order chi connectivity index (χ0) is 19.8. The van der Waals surface area contributed by atoms with Crippen LogP contribution in [0, 0.1) is 11.3 Å². The number of hydrogen-bond donors (Lipinski definition) is 1. The molecule has 0 spiro atoms. The molecule has 0 unspecified atom stereocenters. The van der Waals surface area contributed by atoms with Gasteiger partial charge in [-0.3, -0.25) is 4.40 Å². The van der Waals surface area contributed by atoms with Crippen molar-refractivity contribution >= 4 is 33.8 Å². The van der Waals surface area contributed by atoms with Gasteiger partial charge in [0.25, 0.3) is 0 Å². The molecule has 0 bridgehead atoms. The van der Waals surface area contributed by atoms with Crippen LogP contribution in [0.1, 0.15) is 37.7 Å². The first-order valence-electron chi connectivity index (χ1n) is 10.2. The highest BCUT2D eigenvalue weighted by Gasteiger charge is 2.24. The molecule has 29 heavy (non-hydrogen) atoms. The summed E-state index contributed by atoms with van der Waals surface area (Å²) < 4.78 is 2.22. The van der Waals surface area contributed by atoms with Gasteiger partial charge in [-0.1, -0.05) is 67.3 Å². The first kappa shape index (κ1) is 18.1. The van der Waals surface area contributed by atoms with Gasteiger partial charge >= 0.3 is 0 Å². The Morgan fingerprint density at radius 3 is 2.55 bits per heavy atom. The molecule has 2 aromatic carbocycles. The number of hydrogen-bond acceptors (Lipinski definition) is 2. The molecule has 0 atom stereocenters. The summed E-state index contributed by atoms with van der Waals surface area (Å²) in [4.78, 5) is 0. The number of nitrogens with zero attached hydrogens (tertiary/aromatic N) is 2. The first-order chi connectivity index (χ1) is 14.3. The number of anilines is 1. The predicted octanol–water partition coefficient (Wildman–Crippen LogP) is 7.03. The summed E-state index contributed by atoms with van der Waals surface area (Å²) in [6, 6.07) is 23.2. The molecular formula is C25H22ClN3. The number of para-hydroxylation sites is 1. The van der Waals surface area contributed by atoms with Crippen molar-refractivity contribution in [3.63, 3.8) is 0 Å². The van der Waals surface area contributed by atoms with Crippen LogP contribution >= 0.6 is 11.6 Å². The minimum atomic E-state index is 0.422. The van der Waals surface area contributed by atoms with Gasteiger partial charge in [0, 0.05) is 16.6 Å². The Labute approximate surface area is 175 Å². The molecule has 2 heterocycles. The molecule has 1 N–H and O–H groups in total. The maximum Gasteiger partial charge on any atom is 0.120 e. The van der Waals surface area contributed by atoms with Crippen molar-refractivity contribution in [2.75, 3.05) is 5.32 Å². The smallest absolute Gasteiger partial charge is 0.120 e. The fraction of sp³-hybridized carbons (Fsp3) is 0.240. The molecule has 1 aliphatic carbocycles. The van der Waals surface area contributed by atoms with Crippen LogP contribution in [0.15, 0.2) is 60.7 Å². The van der Waals surface area contributed by atoms with E-state index in [1.165, 1.54) is 19.3 Å². The summed E-state index contributed by atoms with van der Waals surface area (Å²) in [6.45, 7) is 0. The number of aromatic nitrogens is 1. The van der Waals surface area contributed by atoms with E-state index in [-0.39, 0.29) is 0 Å².